The van der Waals surface area contributed by atoms with Gasteiger partial charge in [0.05, 0.1) is 14.6 Å². The minimum atomic E-state index is -1.74. The fraction of sp³-hybridized carbons (Fsp3) is 0.385. The Balaban J connectivity index is 1.48. The summed E-state index contributed by atoms with van der Waals surface area (Å²) in [5, 5.41) is 14.4. The number of rotatable bonds is 5. The smallest absolute Gasteiger partial charge is 0.342 e. The summed E-state index contributed by atoms with van der Waals surface area (Å²) >= 11 is 0. The Hall–Kier alpha value is -2.90. The maximum Gasteiger partial charge on any atom is 0.342 e. The van der Waals surface area contributed by atoms with Crippen molar-refractivity contribution in [1.82, 2.24) is 10.2 Å². The first-order chi connectivity index (χ1) is 15.7. The van der Waals surface area contributed by atoms with Crippen LogP contribution in [0.1, 0.15) is 36.5 Å². The Labute approximate surface area is 195 Å². The molecule has 0 saturated heterocycles. The van der Waals surface area contributed by atoms with Crippen molar-refractivity contribution in [3.05, 3.63) is 75.5 Å². The van der Waals surface area contributed by atoms with Crippen LogP contribution in [0.15, 0.2) is 58.8 Å². The molecule has 0 amide bonds. The van der Waals surface area contributed by atoms with Crippen molar-refractivity contribution in [3.63, 3.8) is 0 Å². The molecule has 0 bridgehead atoms. The van der Waals surface area contributed by atoms with E-state index in [9.17, 15) is 14.7 Å². The summed E-state index contributed by atoms with van der Waals surface area (Å²) in [5.41, 5.74) is 6.39. The van der Waals surface area contributed by atoms with E-state index in [2.05, 4.69) is 55.0 Å². The topological polar surface area (TPSA) is 78.9 Å². The molecule has 1 aromatic carbocycles. The van der Waals surface area contributed by atoms with Gasteiger partial charge in [-0.05, 0) is 41.2 Å². The highest BCUT2D eigenvalue weighted by molar-refractivity contribution is 6.82. The number of aryl methyl sites for hydroxylation is 1. The number of cyclic esters (lactones) is 1. The van der Waals surface area contributed by atoms with Gasteiger partial charge in [0.2, 0.25) is 5.78 Å². The number of ketones is 1. The van der Waals surface area contributed by atoms with E-state index < -0.39 is 19.6 Å². The van der Waals surface area contributed by atoms with Crippen molar-refractivity contribution in [2.45, 2.75) is 57.5 Å². The normalized spacial score (nSPS) is 23.9. The fourth-order valence-electron chi connectivity index (χ4n) is 5.16. The molecule has 0 fully saturated rings. The quantitative estimate of drug-likeness (QED) is 0.515. The number of aliphatic hydroxyl groups is 1. The summed E-state index contributed by atoms with van der Waals surface area (Å²) in [6, 6.07) is 7.54. The molecule has 7 heteroatoms. The molecule has 0 unspecified atom stereocenters. The van der Waals surface area contributed by atoms with Crippen molar-refractivity contribution in [3.8, 4) is 0 Å². The van der Waals surface area contributed by atoms with Gasteiger partial charge in [-0.2, -0.15) is 0 Å². The predicted molar refractivity (Wildman–Crippen MR) is 129 cm³/mol. The second-order valence-electron chi connectivity index (χ2n) is 10.00. The van der Waals surface area contributed by atoms with E-state index in [0.29, 0.717) is 29.8 Å². The molecule has 1 atom stereocenters. The van der Waals surface area contributed by atoms with Gasteiger partial charge in [0.1, 0.15) is 18.1 Å². The van der Waals surface area contributed by atoms with Crippen LogP contribution in [0.5, 0.6) is 0 Å². The molecular weight excluding hydrogens is 432 g/mol. The summed E-state index contributed by atoms with van der Waals surface area (Å²) in [6.45, 7) is 10.9. The zero-order chi connectivity index (χ0) is 23.5. The van der Waals surface area contributed by atoms with E-state index in [4.69, 9.17) is 4.74 Å². The number of carbonyl (C=O) groups excluding carboxylic acids is 2. The minimum absolute atomic E-state index is 0.0813. The van der Waals surface area contributed by atoms with E-state index in [1.54, 1.807) is 6.92 Å². The molecule has 172 valence electrons. The molecule has 0 radical (unpaired) electrons. The molecule has 1 aliphatic carbocycles. The van der Waals surface area contributed by atoms with Crippen LogP contribution in [0, 0.1) is 0 Å². The number of hydrogen-bond donors (Lipinski definition) is 2. The van der Waals surface area contributed by atoms with Gasteiger partial charge in [-0.15, -0.1) is 12.3 Å². The van der Waals surface area contributed by atoms with Gasteiger partial charge < -0.3 is 20.1 Å². The van der Waals surface area contributed by atoms with Crippen LogP contribution in [-0.4, -0.2) is 42.0 Å². The van der Waals surface area contributed by atoms with E-state index in [1.807, 2.05) is 4.90 Å². The molecule has 1 aromatic rings. The monoisotopic (exact) mass is 462 g/mol. The van der Waals surface area contributed by atoms with Crippen LogP contribution < -0.4 is 5.32 Å². The van der Waals surface area contributed by atoms with E-state index >= 15 is 0 Å². The molecule has 3 heterocycles. The Morgan fingerprint density at radius 3 is 2.85 bits per heavy atom. The summed E-state index contributed by atoms with van der Waals surface area (Å²) < 4.78 is 5.21. The highest BCUT2D eigenvalue weighted by Crippen LogP contribution is 2.44. The Kier molecular flexibility index (Phi) is 5.03. The summed E-state index contributed by atoms with van der Waals surface area (Å²) in [5.74, 6) is 0.0344. The molecule has 6 nitrogen and oxygen atoms in total. The van der Waals surface area contributed by atoms with Crippen LogP contribution in [0.4, 0.5) is 0 Å². The number of esters is 1. The molecule has 5 rings (SSSR count). The number of benzene rings is 1. The Bertz CT molecular complexity index is 1190. The standard InChI is InChI=1S/C26H30N2O4Si/c1-5-26(31)20-13-21-23(24(29)19(20)15-32-25(26)30)28-14-18-16(10-11-33(3,4)6-2)8-7-9-17(18)12-22(28)27-21/h6-9,12,27,31H,2,5,10-11,13-15H2,1,3-4H3/t26-/m0/s1. The first-order valence-electron chi connectivity index (χ1n) is 11.6. The van der Waals surface area contributed by atoms with Crippen LogP contribution in [0.2, 0.25) is 19.1 Å². The third kappa shape index (κ3) is 3.33. The number of fused-ring (bicyclic) bond motifs is 3. The SMILES string of the molecule is C=C[Si](C)(C)CCc1cccc2c1CN1C(=C2)NC2=C1C(=O)C1=C(C2)[C@@](O)(CC)C(=O)OC1. The number of nitrogens with one attached hydrogen (secondary N) is 1. The van der Waals surface area contributed by atoms with Gasteiger partial charge in [-0.25, -0.2) is 4.79 Å². The maximum atomic E-state index is 13.6. The lowest BCUT2D eigenvalue weighted by atomic mass is 9.78. The minimum Gasteiger partial charge on any atom is -0.458 e. The largest absolute Gasteiger partial charge is 0.458 e. The fourth-order valence-corrected chi connectivity index (χ4v) is 6.28. The first kappa shape index (κ1) is 21.9. The van der Waals surface area contributed by atoms with Crippen molar-refractivity contribution in [2.75, 3.05) is 6.61 Å². The maximum absolute atomic E-state index is 13.6. The number of Topliss-reactive ketones (excluding diaryl/α,β-unsaturated/α-hetero) is 1. The van der Waals surface area contributed by atoms with Crippen LogP contribution in [0.25, 0.3) is 6.08 Å². The van der Waals surface area contributed by atoms with Gasteiger partial charge >= 0.3 is 5.97 Å². The Morgan fingerprint density at radius 2 is 2.12 bits per heavy atom. The zero-order valence-electron chi connectivity index (χ0n) is 19.5. The van der Waals surface area contributed by atoms with Crippen LogP contribution in [-0.2, 0) is 27.3 Å². The second kappa shape index (κ2) is 7.57. The lowest BCUT2D eigenvalue weighted by Gasteiger charge is -2.36. The van der Waals surface area contributed by atoms with Gasteiger partial charge in [0.25, 0.3) is 0 Å². The summed E-state index contributed by atoms with van der Waals surface area (Å²) in [6.07, 6.45) is 3.60. The van der Waals surface area contributed by atoms with Gasteiger partial charge in [0, 0.05) is 17.7 Å². The summed E-state index contributed by atoms with van der Waals surface area (Å²) in [7, 11) is -1.43. The molecule has 3 aliphatic heterocycles. The number of ether oxygens (including phenoxy) is 1. The molecular formula is C26H30N2O4Si. The highest BCUT2D eigenvalue weighted by Gasteiger charge is 2.50. The first-order valence-corrected chi connectivity index (χ1v) is 14.9. The molecule has 2 N–H and O–H groups in total. The second-order valence-corrected chi connectivity index (χ2v) is 14.9. The lowest BCUT2D eigenvalue weighted by molar-refractivity contribution is -0.163. The van der Waals surface area contributed by atoms with Crippen molar-refractivity contribution >= 4 is 25.9 Å². The highest BCUT2D eigenvalue weighted by atomic mass is 28.3. The average Bonchev–Trinajstić information content (AvgIpc) is 3.16. The zero-order valence-corrected chi connectivity index (χ0v) is 20.5. The van der Waals surface area contributed by atoms with E-state index in [0.717, 1.165) is 29.5 Å². The lowest BCUT2D eigenvalue weighted by Crippen LogP contribution is -2.48. The van der Waals surface area contributed by atoms with Crippen molar-refractivity contribution in [2.24, 2.45) is 0 Å². The van der Waals surface area contributed by atoms with Crippen LogP contribution in [0.3, 0.4) is 0 Å². The van der Waals surface area contributed by atoms with Crippen molar-refractivity contribution in [1.29, 1.82) is 0 Å². The molecule has 0 spiro atoms. The number of allylic oxidation sites excluding steroid dienone is 2. The van der Waals surface area contributed by atoms with Crippen molar-refractivity contribution < 1.29 is 19.4 Å². The van der Waals surface area contributed by atoms with Gasteiger partial charge in [-0.1, -0.05) is 44.3 Å². The number of hydrogen-bond acceptors (Lipinski definition) is 6. The molecule has 0 saturated carbocycles. The number of nitrogens with zero attached hydrogens (tertiary/aromatic N) is 1. The average molecular weight is 463 g/mol. The molecule has 33 heavy (non-hydrogen) atoms. The predicted octanol–water partition coefficient (Wildman–Crippen LogP) is 3.56. The van der Waals surface area contributed by atoms with Gasteiger partial charge in [-0.3, -0.25) is 4.79 Å². The van der Waals surface area contributed by atoms with E-state index in [-0.39, 0.29) is 18.8 Å². The van der Waals surface area contributed by atoms with E-state index in [1.165, 1.54) is 11.1 Å². The number of carbonyl (C=O) groups is 2. The molecule has 4 aliphatic rings. The third-order valence-electron chi connectivity index (χ3n) is 7.54. The summed E-state index contributed by atoms with van der Waals surface area (Å²) in [4.78, 5) is 27.9. The molecule has 0 aromatic heterocycles. The third-order valence-corrected chi connectivity index (χ3v) is 10.2. The Morgan fingerprint density at radius 1 is 1.33 bits per heavy atom. The van der Waals surface area contributed by atoms with Crippen LogP contribution >= 0.6 is 0 Å². The van der Waals surface area contributed by atoms with Gasteiger partial charge in [0.15, 0.2) is 5.60 Å².